The van der Waals surface area contributed by atoms with E-state index in [-0.39, 0.29) is 21.1 Å². The Bertz CT molecular complexity index is 1650. The monoisotopic (exact) mass is 627 g/mol. The number of benzene rings is 5. The van der Waals surface area contributed by atoms with Gasteiger partial charge in [-0.25, -0.2) is 0 Å². The molecule has 35 heavy (non-hydrogen) atoms. The first-order valence-electron chi connectivity index (χ1n) is 11.3. The second-order valence-electron chi connectivity index (χ2n) is 8.12. The van der Waals surface area contributed by atoms with Gasteiger partial charge in [0, 0.05) is 17.6 Å². The van der Waals surface area contributed by atoms with Gasteiger partial charge in [-0.05, 0) is 34.5 Å². The quantitative estimate of drug-likeness (QED) is 0.143. The van der Waals surface area contributed by atoms with Gasteiger partial charge >= 0.3 is 21.1 Å². The summed E-state index contributed by atoms with van der Waals surface area (Å²) in [6, 6.07) is 43.9. The summed E-state index contributed by atoms with van der Waals surface area (Å²) in [5.74, 6) is 0. The SMILES string of the molecule is [Pt+2].[c-]1c(C=Nc2ccc3ccccc3c2-c2[c-]cccc2)cccc1-c1nccc2ccccc12. The molecule has 6 rings (SSSR count). The maximum absolute atomic E-state index is 4.90. The summed E-state index contributed by atoms with van der Waals surface area (Å²) in [6.07, 6.45) is 3.73. The minimum Gasteiger partial charge on any atom is -0.304 e. The average Bonchev–Trinajstić information content (AvgIpc) is 2.92. The summed E-state index contributed by atoms with van der Waals surface area (Å²) < 4.78 is 0. The zero-order valence-electron chi connectivity index (χ0n) is 18.8. The molecule has 0 radical (unpaired) electrons. The molecular formula is C32H20N2Pt. The number of hydrogen-bond acceptors (Lipinski definition) is 2. The summed E-state index contributed by atoms with van der Waals surface area (Å²) in [6.45, 7) is 0. The van der Waals surface area contributed by atoms with Crippen molar-refractivity contribution in [2.45, 2.75) is 0 Å². The van der Waals surface area contributed by atoms with Crippen molar-refractivity contribution >= 4 is 33.4 Å². The fourth-order valence-corrected chi connectivity index (χ4v) is 4.37. The predicted molar refractivity (Wildman–Crippen MR) is 141 cm³/mol. The van der Waals surface area contributed by atoms with E-state index in [0.717, 1.165) is 44.4 Å². The Morgan fingerprint density at radius 1 is 0.657 bits per heavy atom. The normalized spacial score (nSPS) is 11.1. The Morgan fingerprint density at radius 2 is 1.40 bits per heavy atom. The molecule has 0 saturated heterocycles. The van der Waals surface area contributed by atoms with Crippen molar-refractivity contribution in [1.29, 1.82) is 0 Å². The molecule has 3 heteroatoms. The van der Waals surface area contributed by atoms with Gasteiger partial charge in [0.05, 0.1) is 0 Å². The van der Waals surface area contributed by atoms with Crippen molar-refractivity contribution in [1.82, 2.24) is 4.98 Å². The van der Waals surface area contributed by atoms with E-state index in [4.69, 9.17) is 4.99 Å². The molecule has 2 nitrogen and oxygen atoms in total. The third-order valence-corrected chi connectivity index (χ3v) is 5.97. The topological polar surface area (TPSA) is 25.2 Å². The molecule has 0 aliphatic heterocycles. The van der Waals surface area contributed by atoms with Gasteiger partial charge in [-0.15, -0.1) is 65.7 Å². The molecule has 0 saturated carbocycles. The second-order valence-corrected chi connectivity index (χ2v) is 8.12. The van der Waals surface area contributed by atoms with Gasteiger partial charge in [0.1, 0.15) is 0 Å². The second kappa shape index (κ2) is 10.2. The zero-order valence-corrected chi connectivity index (χ0v) is 21.0. The standard InChI is InChI=1S/C32H20N2.Pt/c1-2-12-26(13-3-1)31-28-15-6-4-10-24(28)17-18-30(31)34-22-23-9-8-14-27(21-23)32-29-16-7-5-11-25(29)19-20-33-32;/h1-12,14-20,22H;/q-2;+2. The van der Waals surface area contributed by atoms with Gasteiger partial charge in [0.25, 0.3) is 0 Å². The molecule has 0 aliphatic carbocycles. The van der Waals surface area contributed by atoms with Crippen molar-refractivity contribution in [2.75, 3.05) is 0 Å². The molecule has 0 N–H and O–H groups in total. The van der Waals surface area contributed by atoms with E-state index in [2.05, 4.69) is 71.7 Å². The van der Waals surface area contributed by atoms with Crippen LogP contribution >= 0.6 is 0 Å². The number of fused-ring (bicyclic) bond motifs is 2. The maximum Gasteiger partial charge on any atom is 2.00 e. The van der Waals surface area contributed by atoms with Crippen LogP contribution in [0.15, 0.2) is 120 Å². The van der Waals surface area contributed by atoms with E-state index in [1.54, 1.807) is 0 Å². The van der Waals surface area contributed by atoms with E-state index < -0.39 is 0 Å². The van der Waals surface area contributed by atoms with Crippen molar-refractivity contribution in [3.63, 3.8) is 0 Å². The fraction of sp³-hybridized carbons (Fsp3) is 0. The molecular weight excluding hydrogens is 607 g/mol. The number of aliphatic imine (C=N–C) groups is 1. The van der Waals surface area contributed by atoms with Crippen LogP contribution in [0.4, 0.5) is 5.69 Å². The largest absolute Gasteiger partial charge is 2.00 e. The number of pyridine rings is 1. The average molecular weight is 628 g/mol. The van der Waals surface area contributed by atoms with E-state index in [1.165, 1.54) is 10.8 Å². The van der Waals surface area contributed by atoms with Crippen molar-refractivity contribution in [3.05, 3.63) is 133 Å². The minimum atomic E-state index is 0. The van der Waals surface area contributed by atoms with E-state index in [1.807, 2.05) is 67.0 Å². The Balaban J connectivity index is 0.00000253. The molecule has 0 spiro atoms. The molecule has 0 unspecified atom stereocenters. The Kier molecular flexibility index (Phi) is 6.66. The Morgan fingerprint density at radius 3 is 2.23 bits per heavy atom. The van der Waals surface area contributed by atoms with Crippen LogP contribution in [-0.4, -0.2) is 11.2 Å². The first-order valence-corrected chi connectivity index (χ1v) is 11.3. The summed E-state index contributed by atoms with van der Waals surface area (Å²) in [5.41, 5.74) is 5.81. The van der Waals surface area contributed by atoms with E-state index >= 15 is 0 Å². The van der Waals surface area contributed by atoms with Crippen LogP contribution in [-0.2, 0) is 21.1 Å². The van der Waals surface area contributed by atoms with Crippen LogP contribution in [0.3, 0.4) is 0 Å². The van der Waals surface area contributed by atoms with Gasteiger partial charge < -0.3 is 4.99 Å². The molecule has 0 bridgehead atoms. The molecule has 0 atom stereocenters. The van der Waals surface area contributed by atoms with Crippen molar-refractivity contribution < 1.29 is 21.1 Å². The first-order chi connectivity index (χ1) is 16.9. The Hall–Kier alpha value is -3.87. The third kappa shape index (κ3) is 4.58. The first kappa shape index (κ1) is 22.9. The summed E-state index contributed by atoms with van der Waals surface area (Å²) in [7, 11) is 0. The van der Waals surface area contributed by atoms with Gasteiger partial charge in [0.15, 0.2) is 0 Å². The van der Waals surface area contributed by atoms with Gasteiger partial charge in [-0.2, -0.15) is 0 Å². The summed E-state index contributed by atoms with van der Waals surface area (Å²) in [4.78, 5) is 9.55. The number of hydrogen-bond donors (Lipinski definition) is 0. The van der Waals surface area contributed by atoms with Crippen LogP contribution in [0.1, 0.15) is 5.56 Å². The van der Waals surface area contributed by atoms with Crippen LogP contribution in [0.25, 0.3) is 43.9 Å². The van der Waals surface area contributed by atoms with Gasteiger partial charge in [-0.1, -0.05) is 71.1 Å². The molecule has 0 amide bonds. The molecule has 168 valence electrons. The number of aromatic nitrogens is 1. The molecule has 0 aliphatic rings. The molecule has 1 aromatic heterocycles. The Labute approximate surface area is 219 Å². The van der Waals surface area contributed by atoms with Crippen LogP contribution < -0.4 is 0 Å². The summed E-state index contributed by atoms with van der Waals surface area (Å²) >= 11 is 0. The smallest absolute Gasteiger partial charge is 0.304 e. The number of nitrogens with zero attached hydrogens (tertiary/aromatic N) is 2. The fourth-order valence-electron chi connectivity index (χ4n) is 4.37. The van der Waals surface area contributed by atoms with Crippen LogP contribution in [0.2, 0.25) is 0 Å². The molecule has 1 heterocycles. The third-order valence-electron chi connectivity index (χ3n) is 5.97. The molecule has 5 aromatic carbocycles. The predicted octanol–water partition coefficient (Wildman–Crippen LogP) is 8.07. The zero-order chi connectivity index (χ0) is 22.7. The van der Waals surface area contributed by atoms with E-state index in [0.29, 0.717) is 0 Å². The van der Waals surface area contributed by atoms with E-state index in [9.17, 15) is 0 Å². The van der Waals surface area contributed by atoms with Crippen molar-refractivity contribution in [2.24, 2.45) is 4.99 Å². The van der Waals surface area contributed by atoms with Crippen LogP contribution in [0.5, 0.6) is 0 Å². The number of rotatable bonds is 4. The van der Waals surface area contributed by atoms with Gasteiger partial charge in [0.2, 0.25) is 0 Å². The van der Waals surface area contributed by atoms with Gasteiger partial charge in [-0.3, -0.25) is 4.98 Å². The maximum atomic E-state index is 4.90. The minimum absolute atomic E-state index is 0. The summed E-state index contributed by atoms with van der Waals surface area (Å²) in [5, 5.41) is 4.63. The molecule has 6 aromatic rings. The molecule has 0 fully saturated rings. The van der Waals surface area contributed by atoms with Crippen molar-refractivity contribution in [3.8, 4) is 22.4 Å². The van der Waals surface area contributed by atoms with Crippen LogP contribution in [0, 0.1) is 12.1 Å².